The molecule has 142 valence electrons. The number of benzene rings is 2. The highest BCUT2D eigenvalue weighted by Crippen LogP contribution is 2.28. The third-order valence-corrected chi connectivity index (χ3v) is 3.77. The van der Waals surface area contributed by atoms with Crippen molar-refractivity contribution in [1.82, 2.24) is 5.32 Å². The maximum Gasteiger partial charge on any atom is 0.262 e. The molecule has 1 N–H and O–H groups in total. The first-order valence-corrected chi connectivity index (χ1v) is 8.32. The van der Waals surface area contributed by atoms with E-state index < -0.39 is 5.91 Å². The minimum Gasteiger partial charge on any atom is -0.497 e. The van der Waals surface area contributed by atoms with Gasteiger partial charge in [-0.25, -0.2) is 0 Å². The number of methoxy groups -OCH3 is 2. The number of nitriles is 2. The monoisotopic (exact) mass is 377 g/mol. The third kappa shape index (κ3) is 5.52. The average molecular weight is 377 g/mol. The molecule has 7 nitrogen and oxygen atoms in total. The molecular weight excluding hydrogens is 358 g/mol. The van der Waals surface area contributed by atoms with Gasteiger partial charge in [-0.05, 0) is 41.5 Å². The molecule has 2 rings (SSSR count). The number of nitrogens with one attached hydrogen (secondary N) is 1. The molecule has 0 fully saturated rings. The fraction of sp³-hybridized carbons (Fsp3) is 0.190. The molecule has 0 heterocycles. The van der Waals surface area contributed by atoms with E-state index in [9.17, 15) is 10.1 Å². The molecule has 0 saturated carbocycles. The van der Waals surface area contributed by atoms with Crippen LogP contribution in [-0.2, 0) is 11.3 Å². The summed E-state index contributed by atoms with van der Waals surface area (Å²) in [6.45, 7) is 0.175. The van der Waals surface area contributed by atoms with Crippen molar-refractivity contribution in [3.63, 3.8) is 0 Å². The molecule has 0 spiro atoms. The normalized spacial score (nSPS) is 10.4. The molecule has 0 bridgehead atoms. The molecule has 1 amide bonds. The number of hydrogen-bond acceptors (Lipinski definition) is 6. The van der Waals surface area contributed by atoms with Gasteiger partial charge in [0.05, 0.1) is 14.2 Å². The van der Waals surface area contributed by atoms with Crippen molar-refractivity contribution in [2.75, 3.05) is 20.8 Å². The van der Waals surface area contributed by atoms with Gasteiger partial charge in [-0.1, -0.05) is 18.2 Å². The number of nitrogens with zero attached hydrogens (tertiary/aromatic N) is 2. The highest BCUT2D eigenvalue weighted by atomic mass is 16.5. The quantitative estimate of drug-likeness (QED) is 0.560. The van der Waals surface area contributed by atoms with Gasteiger partial charge in [0, 0.05) is 6.54 Å². The Morgan fingerprint density at radius 3 is 2.43 bits per heavy atom. The van der Waals surface area contributed by atoms with Gasteiger partial charge in [0.1, 0.15) is 23.5 Å². The molecule has 0 saturated heterocycles. The number of rotatable bonds is 8. The summed E-state index contributed by atoms with van der Waals surface area (Å²) in [5.74, 6) is 1.05. The van der Waals surface area contributed by atoms with Gasteiger partial charge in [0.15, 0.2) is 18.1 Å². The number of carbonyl (C=O) groups excluding carboxylic acids is 1. The first-order valence-electron chi connectivity index (χ1n) is 8.32. The summed E-state index contributed by atoms with van der Waals surface area (Å²) >= 11 is 0. The standard InChI is InChI=1S/C21H19N3O4/c1-26-18-6-3-15(4-7-18)14-24-21(25)17(13-23)11-16-5-8-19(28-10-9-22)20(12-16)27-2/h3-8,11-12H,10,14H2,1-2H3,(H,24,25)/b17-11-. The molecule has 0 aliphatic carbocycles. The molecule has 0 radical (unpaired) electrons. The second-order valence-corrected chi connectivity index (χ2v) is 5.56. The Labute approximate surface area is 163 Å². The van der Waals surface area contributed by atoms with E-state index in [-0.39, 0.29) is 18.7 Å². The average Bonchev–Trinajstić information content (AvgIpc) is 2.74. The predicted octanol–water partition coefficient (Wildman–Crippen LogP) is 2.83. The lowest BCUT2D eigenvalue weighted by atomic mass is 10.1. The predicted molar refractivity (Wildman–Crippen MR) is 103 cm³/mol. The molecule has 2 aromatic carbocycles. The van der Waals surface area contributed by atoms with Crippen molar-refractivity contribution in [1.29, 1.82) is 10.5 Å². The lowest BCUT2D eigenvalue weighted by Crippen LogP contribution is -2.23. The fourth-order valence-corrected chi connectivity index (χ4v) is 2.34. The first-order chi connectivity index (χ1) is 13.6. The maximum atomic E-state index is 12.3. The smallest absolute Gasteiger partial charge is 0.262 e. The second kappa shape index (κ2) is 10.2. The van der Waals surface area contributed by atoms with Crippen LogP contribution < -0.4 is 19.5 Å². The number of amides is 1. The van der Waals surface area contributed by atoms with E-state index in [0.29, 0.717) is 17.1 Å². The van der Waals surface area contributed by atoms with E-state index in [4.69, 9.17) is 19.5 Å². The Bertz CT molecular complexity index is 938. The maximum absolute atomic E-state index is 12.3. The first kappa shape index (κ1) is 20.3. The minimum absolute atomic E-state index is 0.0405. The number of carbonyl (C=O) groups is 1. The highest BCUT2D eigenvalue weighted by molar-refractivity contribution is 6.01. The van der Waals surface area contributed by atoms with Crippen LogP contribution in [-0.4, -0.2) is 26.7 Å². The molecule has 0 aliphatic rings. The van der Waals surface area contributed by atoms with E-state index >= 15 is 0 Å². The zero-order valence-corrected chi connectivity index (χ0v) is 15.6. The van der Waals surface area contributed by atoms with Crippen molar-refractivity contribution >= 4 is 12.0 Å². The van der Waals surface area contributed by atoms with Gasteiger partial charge in [-0.2, -0.15) is 10.5 Å². The molecule has 2 aromatic rings. The Kier molecular flexibility index (Phi) is 7.44. The van der Waals surface area contributed by atoms with Gasteiger partial charge in [-0.15, -0.1) is 0 Å². The topological polar surface area (TPSA) is 104 Å². The Morgan fingerprint density at radius 2 is 1.82 bits per heavy atom. The summed E-state index contributed by atoms with van der Waals surface area (Å²) in [6, 6.07) is 16.0. The molecular formula is C21H19N3O4. The summed E-state index contributed by atoms with van der Waals surface area (Å²) in [4.78, 5) is 12.3. The van der Waals surface area contributed by atoms with E-state index in [1.807, 2.05) is 24.3 Å². The van der Waals surface area contributed by atoms with E-state index in [1.165, 1.54) is 13.2 Å². The molecule has 0 aromatic heterocycles. The van der Waals surface area contributed by atoms with Crippen molar-refractivity contribution in [2.45, 2.75) is 6.54 Å². The van der Waals surface area contributed by atoms with Crippen LogP contribution in [0, 0.1) is 22.7 Å². The van der Waals surface area contributed by atoms with Crippen LogP contribution in [0.1, 0.15) is 11.1 Å². The van der Waals surface area contributed by atoms with Gasteiger partial charge in [0.25, 0.3) is 5.91 Å². The van der Waals surface area contributed by atoms with Crippen molar-refractivity contribution in [3.8, 4) is 29.4 Å². The van der Waals surface area contributed by atoms with E-state index in [0.717, 1.165) is 11.3 Å². The van der Waals surface area contributed by atoms with Crippen molar-refractivity contribution in [3.05, 3.63) is 59.2 Å². The van der Waals surface area contributed by atoms with Crippen LogP contribution in [0.3, 0.4) is 0 Å². The molecule has 7 heteroatoms. The lowest BCUT2D eigenvalue weighted by molar-refractivity contribution is -0.117. The third-order valence-electron chi connectivity index (χ3n) is 3.77. The summed E-state index contributed by atoms with van der Waals surface area (Å²) < 4.78 is 15.6. The van der Waals surface area contributed by atoms with Crippen LogP contribution in [0.15, 0.2) is 48.0 Å². The van der Waals surface area contributed by atoms with Gasteiger partial charge in [0.2, 0.25) is 0 Å². The zero-order chi connectivity index (χ0) is 20.4. The summed E-state index contributed by atoms with van der Waals surface area (Å²) in [7, 11) is 3.05. The Hall–Kier alpha value is -3.97. The van der Waals surface area contributed by atoms with Crippen LogP contribution >= 0.6 is 0 Å². The Balaban J connectivity index is 2.10. The fourth-order valence-electron chi connectivity index (χ4n) is 2.34. The largest absolute Gasteiger partial charge is 0.497 e. The number of hydrogen-bond donors (Lipinski definition) is 1. The summed E-state index contributed by atoms with van der Waals surface area (Å²) in [5.41, 5.74) is 1.44. The SMILES string of the molecule is COc1ccc(CNC(=O)/C(C#N)=C\c2ccc(OCC#N)c(OC)c2)cc1. The van der Waals surface area contributed by atoms with Crippen molar-refractivity contribution in [2.24, 2.45) is 0 Å². The molecule has 0 unspecified atom stereocenters. The van der Waals surface area contributed by atoms with E-state index in [1.54, 1.807) is 37.4 Å². The minimum atomic E-state index is -0.484. The van der Waals surface area contributed by atoms with Gasteiger partial charge in [-0.3, -0.25) is 4.79 Å². The second-order valence-electron chi connectivity index (χ2n) is 5.56. The molecule has 0 atom stereocenters. The van der Waals surface area contributed by atoms with Gasteiger partial charge < -0.3 is 19.5 Å². The van der Waals surface area contributed by atoms with Crippen molar-refractivity contribution < 1.29 is 19.0 Å². The van der Waals surface area contributed by atoms with E-state index in [2.05, 4.69) is 5.32 Å². The van der Waals surface area contributed by atoms with Gasteiger partial charge >= 0.3 is 0 Å². The van der Waals surface area contributed by atoms with Crippen LogP contribution in [0.5, 0.6) is 17.2 Å². The summed E-state index contributed by atoms with van der Waals surface area (Å²) in [5, 5.41) is 20.7. The molecule has 0 aliphatic heterocycles. The Morgan fingerprint density at radius 1 is 1.07 bits per heavy atom. The number of ether oxygens (including phenoxy) is 3. The summed E-state index contributed by atoms with van der Waals surface area (Å²) in [6.07, 6.45) is 1.46. The highest BCUT2D eigenvalue weighted by Gasteiger charge is 2.11. The molecule has 28 heavy (non-hydrogen) atoms. The zero-order valence-electron chi connectivity index (χ0n) is 15.6. The van der Waals surface area contributed by atoms with Crippen LogP contribution in [0.4, 0.5) is 0 Å². The lowest BCUT2D eigenvalue weighted by Gasteiger charge is -2.09. The van der Waals surface area contributed by atoms with Crippen LogP contribution in [0.25, 0.3) is 6.08 Å². The van der Waals surface area contributed by atoms with Crippen LogP contribution in [0.2, 0.25) is 0 Å².